The number of aliphatic carboxylic acids is 1. The first-order chi connectivity index (χ1) is 18.7. The molecule has 0 fully saturated rings. The number of anilines is 1. The van der Waals surface area contributed by atoms with Gasteiger partial charge in [0.1, 0.15) is 17.3 Å². The molecule has 1 atom stereocenters. The fraction of sp³-hybridized carbons (Fsp3) is 0.385. The number of fused-ring (bicyclic) bond motifs is 1. The topological polar surface area (TPSA) is 172 Å². The first kappa shape index (κ1) is 27.9. The van der Waals surface area contributed by atoms with Crippen LogP contribution in [0.15, 0.2) is 56.8 Å². The Bertz CT molecular complexity index is 1450. The molecule has 0 saturated heterocycles. The first-order valence-corrected chi connectivity index (χ1v) is 14.3. The smallest absolute Gasteiger partial charge is 0.326 e. The van der Waals surface area contributed by atoms with E-state index < -0.39 is 21.8 Å². The van der Waals surface area contributed by atoms with Crippen LogP contribution in [-0.4, -0.2) is 67.8 Å². The van der Waals surface area contributed by atoms with Crippen molar-refractivity contribution < 1.29 is 32.3 Å². The highest BCUT2D eigenvalue weighted by Crippen LogP contribution is 2.24. The summed E-state index contributed by atoms with van der Waals surface area (Å²) in [5.41, 5.74) is 1.40. The molecule has 12 nitrogen and oxygen atoms in total. The zero-order valence-electron chi connectivity index (χ0n) is 21.5. The summed E-state index contributed by atoms with van der Waals surface area (Å²) < 4.78 is 35.5. The molecule has 0 bridgehead atoms. The zero-order chi connectivity index (χ0) is 27.8. The minimum Gasteiger partial charge on any atom is -0.494 e. The number of aliphatic imine (C=N–C) groups is 1. The number of rotatable bonds is 12. The van der Waals surface area contributed by atoms with Gasteiger partial charge in [-0.2, -0.15) is 4.98 Å². The van der Waals surface area contributed by atoms with Gasteiger partial charge in [0.25, 0.3) is 6.01 Å². The molecule has 2 aromatic carbocycles. The Balaban J connectivity index is 1.28. The van der Waals surface area contributed by atoms with Crippen molar-refractivity contribution >= 4 is 44.8 Å². The molecule has 39 heavy (non-hydrogen) atoms. The lowest BCUT2D eigenvalue weighted by atomic mass is 10.1. The van der Waals surface area contributed by atoms with Crippen LogP contribution in [0.1, 0.15) is 31.7 Å². The predicted octanol–water partition coefficient (Wildman–Crippen LogP) is 2.35. The fourth-order valence-electron chi connectivity index (χ4n) is 3.87. The third kappa shape index (κ3) is 7.69. The van der Waals surface area contributed by atoms with Gasteiger partial charge in [-0.1, -0.05) is 19.1 Å². The Morgan fingerprint density at radius 3 is 2.69 bits per heavy atom. The van der Waals surface area contributed by atoms with Gasteiger partial charge < -0.3 is 24.9 Å². The molecular formula is C26H31N5O7S. The van der Waals surface area contributed by atoms with Gasteiger partial charge in [0.05, 0.1) is 17.3 Å². The van der Waals surface area contributed by atoms with Gasteiger partial charge >= 0.3 is 5.97 Å². The highest BCUT2D eigenvalue weighted by molar-refractivity contribution is 7.91. The van der Waals surface area contributed by atoms with Crippen LogP contribution in [0.3, 0.4) is 0 Å². The summed E-state index contributed by atoms with van der Waals surface area (Å²) in [6, 6.07) is 10.3. The van der Waals surface area contributed by atoms with Crippen molar-refractivity contribution in [2.24, 2.45) is 4.99 Å². The normalized spacial score (nSPS) is 14.2. The molecule has 208 valence electrons. The Morgan fingerprint density at radius 2 is 2.00 bits per heavy atom. The van der Waals surface area contributed by atoms with E-state index in [4.69, 9.17) is 9.15 Å². The highest BCUT2D eigenvalue weighted by Gasteiger charge is 2.21. The van der Waals surface area contributed by atoms with Crippen LogP contribution >= 0.6 is 0 Å². The van der Waals surface area contributed by atoms with E-state index in [1.807, 2.05) is 0 Å². The number of amides is 1. The monoisotopic (exact) mass is 557 g/mol. The van der Waals surface area contributed by atoms with E-state index in [9.17, 15) is 23.1 Å². The van der Waals surface area contributed by atoms with E-state index in [1.165, 1.54) is 18.2 Å². The fourth-order valence-corrected chi connectivity index (χ4v) is 4.76. The number of oxazole rings is 1. The van der Waals surface area contributed by atoms with Crippen molar-refractivity contribution in [1.82, 2.24) is 15.6 Å². The summed E-state index contributed by atoms with van der Waals surface area (Å²) in [6.45, 7) is 3.41. The van der Waals surface area contributed by atoms with Crippen molar-refractivity contribution in [3.8, 4) is 5.75 Å². The molecule has 4 rings (SSSR count). The minimum atomic E-state index is -3.42. The van der Waals surface area contributed by atoms with Gasteiger partial charge in [0.15, 0.2) is 21.4 Å². The molecule has 0 saturated carbocycles. The van der Waals surface area contributed by atoms with Crippen LogP contribution in [0.4, 0.5) is 6.01 Å². The molecule has 4 N–H and O–H groups in total. The maximum absolute atomic E-state index is 12.1. The summed E-state index contributed by atoms with van der Waals surface area (Å²) in [7, 11) is -3.42. The van der Waals surface area contributed by atoms with Crippen molar-refractivity contribution in [2.75, 3.05) is 30.8 Å². The second-order valence-electron chi connectivity index (χ2n) is 8.95. The number of carbonyl (C=O) groups excluding carboxylic acids is 1. The van der Waals surface area contributed by atoms with Crippen molar-refractivity contribution in [3.05, 3.63) is 48.0 Å². The molecule has 1 aliphatic heterocycles. The average Bonchev–Trinajstić information content (AvgIpc) is 3.34. The number of carbonyl (C=O) groups is 2. The third-order valence-corrected chi connectivity index (χ3v) is 7.76. The molecule has 13 heteroatoms. The van der Waals surface area contributed by atoms with E-state index in [2.05, 4.69) is 25.9 Å². The second-order valence-corrected chi connectivity index (χ2v) is 11.2. The van der Waals surface area contributed by atoms with Crippen molar-refractivity contribution in [2.45, 2.75) is 43.5 Å². The number of hydrogen-bond donors (Lipinski definition) is 4. The number of aromatic nitrogens is 1. The van der Waals surface area contributed by atoms with Crippen molar-refractivity contribution in [1.29, 1.82) is 0 Å². The standard InChI is InChI=1S/C26H31N5O7S/c1-2-39(35,36)19-10-11-20-22(16-19)38-26(29-20)30-21(24(33)34)15-17-6-8-18(9-7-17)37-14-3-5-23(32)31-25-27-12-4-13-28-25/h6-11,16,21H,2-5,12-15H2,1H3,(H,29,30)(H,33,34)(H2,27,28,31,32). The maximum Gasteiger partial charge on any atom is 0.326 e. The molecule has 0 spiro atoms. The number of hydrogen-bond acceptors (Lipinski definition) is 10. The number of sulfone groups is 1. The van der Waals surface area contributed by atoms with Crippen LogP contribution in [-0.2, 0) is 25.8 Å². The molecule has 0 aliphatic carbocycles. The summed E-state index contributed by atoms with van der Waals surface area (Å²) in [6.07, 6.45) is 1.92. The molecule has 2 heterocycles. The van der Waals surface area contributed by atoms with Gasteiger partial charge in [0.2, 0.25) is 5.91 Å². The number of nitrogens with one attached hydrogen (secondary N) is 3. The largest absolute Gasteiger partial charge is 0.494 e. The molecule has 1 aromatic heterocycles. The average molecular weight is 558 g/mol. The van der Waals surface area contributed by atoms with E-state index in [0.717, 1.165) is 18.5 Å². The van der Waals surface area contributed by atoms with Crippen LogP contribution in [0, 0.1) is 0 Å². The van der Waals surface area contributed by atoms with Gasteiger partial charge in [-0.05, 0) is 42.7 Å². The lowest BCUT2D eigenvalue weighted by molar-refractivity contribution is -0.138. The van der Waals surface area contributed by atoms with Gasteiger partial charge in [-0.3, -0.25) is 15.1 Å². The number of ether oxygens (including phenoxy) is 1. The van der Waals surface area contributed by atoms with Crippen LogP contribution in [0.25, 0.3) is 11.1 Å². The number of carboxylic acid groups (broad SMARTS) is 1. The molecule has 0 radical (unpaired) electrons. The van der Waals surface area contributed by atoms with E-state index in [0.29, 0.717) is 43.2 Å². The molecular weight excluding hydrogens is 526 g/mol. The number of carboxylic acids is 1. The van der Waals surface area contributed by atoms with Gasteiger partial charge in [-0.25, -0.2) is 13.2 Å². The zero-order valence-corrected chi connectivity index (χ0v) is 22.3. The number of nitrogens with zero attached hydrogens (tertiary/aromatic N) is 2. The van der Waals surface area contributed by atoms with Gasteiger partial charge in [-0.15, -0.1) is 0 Å². The SMILES string of the molecule is CCS(=O)(=O)c1ccc2nc(NC(Cc3ccc(OCCCC(=O)NC4=NCCCN4)cc3)C(=O)O)oc2c1. The minimum absolute atomic E-state index is 0.0150. The number of guanidine groups is 1. The maximum atomic E-state index is 12.1. The van der Waals surface area contributed by atoms with Crippen LogP contribution < -0.4 is 20.7 Å². The summed E-state index contributed by atoms with van der Waals surface area (Å²) in [5.74, 6) is -0.147. The summed E-state index contributed by atoms with van der Waals surface area (Å²) in [5, 5.41) is 18.3. The highest BCUT2D eigenvalue weighted by atomic mass is 32.2. The van der Waals surface area contributed by atoms with E-state index >= 15 is 0 Å². The molecule has 1 aliphatic rings. The summed E-state index contributed by atoms with van der Waals surface area (Å²) >= 11 is 0. The summed E-state index contributed by atoms with van der Waals surface area (Å²) in [4.78, 5) is 32.4. The van der Waals surface area contributed by atoms with Crippen molar-refractivity contribution in [3.63, 3.8) is 0 Å². The molecule has 1 unspecified atom stereocenters. The Hall–Kier alpha value is -4.13. The second kappa shape index (κ2) is 12.6. The Kier molecular flexibility index (Phi) is 9.02. The quantitative estimate of drug-likeness (QED) is 0.242. The van der Waals surface area contributed by atoms with Crippen LogP contribution in [0.5, 0.6) is 5.75 Å². The van der Waals surface area contributed by atoms with Crippen LogP contribution in [0.2, 0.25) is 0 Å². The van der Waals surface area contributed by atoms with E-state index in [1.54, 1.807) is 31.2 Å². The lowest BCUT2D eigenvalue weighted by Crippen LogP contribution is -2.43. The lowest BCUT2D eigenvalue weighted by Gasteiger charge is -2.15. The Morgan fingerprint density at radius 1 is 1.21 bits per heavy atom. The van der Waals surface area contributed by atoms with Gasteiger partial charge in [0, 0.05) is 32.0 Å². The van der Waals surface area contributed by atoms with E-state index in [-0.39, 0.29) is 34.6 Å². The number of benzene rings is 2. The third-order valence-electron chi connectivity index (χ3n) is 6.03. The molecule has 1 amide bonds. The Labute approximate surface area is 225 Å². The predicted molar refractivity (Wildman–Crippen MR) is 145 cm³/mol. The first-order valence-electron chi connectivity index (χ1n) is 12.7. The molecule has 3 aromatic rings.